The number of para-hydroxylation sites is 1. The molecule has 116 valence electrons. The molecule has 0 aliphatic heterocycles. The molecule has 0 aliphatic rings. The molecule has 3 rings (SSSR count). The Bertz CT molecular complexity index is 677. The van der Waals surface area contributed by atoms with E-state index in [0.29, 0.717) is 6.61 Å². The van der Waals surface area contributed by atoms with Crippen LogP contribution in [0.2, 0.25) is 0 Å². The fourth-order valence-electron chi connectivity index (χ4n) is 2.00. The molecule has 1 aromatic heterocycles. The van der Waals surface area contributed by atoms with Crippen molar-refractivity contribution < 1.29 is 19.8 Å². The molecule has 22 heavy (non-hydrogen) atoms. The monoisotopic (exact) mass is 359 g/mol. The summed E-state index contributed by atoms with van der Waals surface area (Å²) in [6, 6.07) is 26.0. The van der Waals surface area contributed by atoms with E-state index in [0.717, 1.165) is 22.7 Å². The first-order valence-electron chi connectivity index (χ1n) is 6.72. The van der Waals surface area contributed by atoms with Crippen LogP contribution in [0.5, 0.6) is 5.75 Å². The molecule has 3 aromatic rings. The first kappa shape index (κ1) is 16.6. The summed E-state index contributed by atoms with van der Waals surface area (Å²) < 4.78 is 5.72. The molecule has 2 nitrogen and oxygen atoms in total. The van der Waals surface area contributed by atoms with Gasteiger partial charge in [-0.25, -0.2) is 4.98 Å². The van der Waals surface area contributed by atoms with E-state index in [1.54, 1.807) is 0 Å². The molecule has 0 N–H and O–H groups in total. The molecule has 2 aromatic carbocycles. The van der Waals surface area contributed by atoms with Gasteiger partial charge in [-0.2, -0.15) is 0 Å². The van der Waals surface area contributed by atoms with Gasteiger partial charge in [-0.05, 0) is 24.3 Å². The number of halogens is 1. The summed E-state index contributed by atoms with van der Waals surface area (Å²) in [6.07, 6.45) is 0. The molecular formula is C18H15ClCuNO. The van der Waals surface area contributed by atoms with Crippen LogP contribution >= 0.6 is 10.1 Å². The van der Waals surface area contributed by atoms with Gasteiger partial charge < -0.3 is 4.74 Å². The number of aromatic nitrogens is 1. The van der Waals surface area contributed by atoms with E-state index in [9.17, 15) is 0 Å². The number of ether oxygens (including phenoxy) is 1. The third-order valence-corrected chi connectivity index (χ3v) is 3.01. The normalized spacial score (nSPS) is 9.59. The predicted molar refractivity (Wildman–Crippen MR) is 86.3 cm³/mol. The average molecular weight is 360 g/mol. The molecule has 0 atom stereocenters. The van der Waals surface area contributed by atoms with Crippen molar-refractivity contribution in [2.24, 2.45) is 0 Å². The van der Waals surface area contributed by atoms with E-state index in [4.69, 9.17) is 4.74 Å². The van der Waals surface area contributed by atoms with E-state index < -0.39 is 0 Å². The molecule has 0 amide bonds. The number of pyridine rings is 1. The second-order valence-electron chi connectivity index (χ2n) is 4.48. The van der Waals surface area contributed by atoms with Gasteiger partial charge in [-0.3, -0.25) is 0 Å². The Morgan fingerprint density at radius 3 is 2.09 bits per heavy atom. The smallest absolute Gasteiger partial charge is 0.130 e. The largest absolute Gasteiger partial charge is 0.487 e. The Hall–Kier alpha value is -1.80. The number of benzene rings is 2. The van der Waals surface area contributed by atoms with Crippen LogP contribution in [0.3, 0.4) is 0 Å². The molecule has 0 radical (unpaired) electrons. The Kier molecular flexibility index (Phi) is 6.98. The quantitative estimate of drug-likeness (QED) is 0.610. The van der Waals surface area contributed by atoms with Crippen LogP contribution in [0, 0.1) is 0 Å². The van der Waals surface area contributed by atoms with Gasteiger partial charge in [0.25, 0.3) is 0 Å². The minimum Gasteiger partial charge on any atom is -0.487 e. The zero-order valence-corrected chi connectivity index (χ0v) is 13.4. The van der Waals surface area contributed by atoms with Gasteiger partial charge in [0.05, 0.1) is 11.4 Å². The standard InChI is InChI=1S/C18H15NO.ClH.Cu/c1-3-8-15(9-4-1)18-13-7-10-16(19-18)14-20-17-11-5-2-6-12-17;;/h1-13H,14H2;1H;/q;;+1/p-1. The maximum Gasteiger partial charge on any atom is 0.130 e. The Balaban J connectivity index is 0.000000847. The summed E-state index contributed by atoms with van der Waals surface area (Å²) in [4.78, 5) is 4.63. The fourth-order valence-corrected chi connectivity index (χ4v) is 2.00. The van der Waals surface area contributed by atoms with E-state index in [2.05, 4.69) is 42.3 Å². The van der Waals surface area contributed by atoms with Crippen LogP contribution in [0.1, 0.15) is 5.69 Å². The third kappa shape index (κ3) is 4.88. The molecule has 4 heteroatoms. The number of hydrogen-bond donors (Lipinski definition) is 0. The van der Waals surface area contributed by atoms with Crippen LogP contribution < -0.4 is 4.74 Å². The van der Waals surface area contributed by atoms with Gasteiger partial charge in [-0.15, -0.1) is 0 Å². The molecule has 0 saturated carbocycles. The fraction of sp³-hybridized carbons (Fsp3) is 0.0556. The first-order valence-corrected chi connectivity index (χ1v) is 8.02. The number of hydrogen-bond acceptors (Lipinski definition) is 2. The van der Waals surface area contributed by atoms with Crippen LogP contribution in [0.25, 0.3) is 11.3 Å². The van der Waals surface area contributed by atoms with Crippen molar-refractivity contribution in [1.29, 1.82) is 0 Å². The Morgan fingerprint density at radius 2 is 1.41 bits per heavy atom. The second kappa shape index (κ2) is 9.26. The second-order valence-corrected chi connectivity index (χ2v) is 4.48. The van der Waals surface area contributed by atoms with Crippen LogP contribution in [-0.2, 0) is 21.7 Å². The van der Waals surface area contributed by atoms with Crippen molar-refractivity contribution in [3.05, 3.63) is 84.6 Å². The van der Waals surface area contributed by atoms with E-state index in [1.807, 2.05) is 66.7 Å². The van der Waals surface area contributed by atoms with Crippen LogP contribution in [0.4, 0.5) is 0 Å². The minimum atomic E-state index is 0.477. The molecule has 0 spiro atoms. The molecule has 0 bridgehead atoms. The zero-order chi connectivity index (χ0) is 15.6. The summed E-state index contributed by atoms with van der Waals surface area (Å²) in [6.45, 7) is 0.477. The molecule has 0 saturated heterocycles. The van der Waals surface area contributed by atoms with Crippen molar-refractivity contribution in [3.8, 4) is 17.0 Å². The minimum absolute atomic E-state index is 0.477. The molecule has 0 aliphatic carbocycles. The molecule has 0 unspecified atom stereocenters. The van der Waals surface area contributed by atoms with E-state index in [1.165, 1.54) is 0 Å². The predicted octanol–water partition coefficient (Wildman–Crippen LogP) is 5.01. The topological polar surface area (TPSA) is 22.1 Å². The van der Waals surface area contributed by atoms with Gasteiger partial charge in [0.1, 0.15) is 12.4 Å². The van der Waals surface area contributed by atoms with Gasteiger partial charge in [-0.1, -0.05) is 54.6 Å². The van der Waals surface area contributed by atoms with Gasteiger partial charge in [0.2, 0.25) is 0 Å². The number of nitrogens with zero attached hydrogens (tertiary/aromatic N) is 1. The van der Waals surface area contributed by atoms with Crippen molar-refractivity contribution in [1.82, 2.24) is 4.98 Å². The zero-order valence-electron chi connectivity index (χ0n) is 11.7. The maximum atomic E-state index is 5.72. The van der Waals surface area contributed by atoms with Crippen LogP contribution in [0.15, 0.2) is 78.9 Å². The van der Waals surface area contributed by atoms with Crippen molar-refractivity contribution >= 4 is 10.1 Å². The Labute approximate surface area is 143 Å². The summed E-state index contributed by atoms with van der Waals surface area (Å²) in [5.41, 5.74) is 3.02. The summed E-state index contributed by atoms with van der Waals surface area (Å²) >= 11 is 3.66. The van der Waals surface area contributed by atoms with Crippen molar-refractivity contribution in [3.63, 3.8) is 0 Å². The van der Waals surface area contributed by atoms with Gasteiger partial charge in [0, 0.05) is 5.56 Å². The summed E-state index contributed by atoms with van der Waals surface area (Å²) in [5.74, 6) is 0.861. The van der Waals surface area contributed by atoms with Crippen molar-refractivity contribution in [2.75, 3.05) is 0 Å². The van der Waals surface area contributed by atoms with Crippen molar-refractivity contribution in [2.45, 2.75) is 6.61 Å². The SMILES string of the molecule is [Cl][Cu].c1ccc(OCc2cccc(-c3ccccc3)n2)cc1. The first-order chi connectivity index (χ1) is 10.9. The third-order valence-electron chi connectivity index (χ3n) is 3.01. The molecule has 0 fully saturated rings. The van der Waals surface area contributed by atoms with Crippen LogP contribution in [-0.4, -0.2) is 4.98 Å². The maximum absolute atomic E-state index is 5.72. The molecule has 1 heterocycles. The van der Waals surface area contributed by atoms with Gasteiger partial charge >= 0.3 is 25.2 Å². The van der Waals surface area contributed by atoms with Gasteiger partial charge in [0.15, 0.2) is 0 Å². The molecular weight excluding hydrogens is 345 g/mol. The summed E-state index contributed by atoms with van der Waals surface area (Å²) in [7, 11) is 4.20. The van der Waals surface area contributed by atoms with E-state index in [-0.39, 0.29) is 0 Å². The Morgan fingerprint density at radius 1 is 0.773 bits per heavy atom. The number of rotatable bonds is 4. The average Bonchev–Trinajstić information content (AvgIpc) is 2.64. The van der Waals surface area contributed by atoms with E-state index >= 15 is 0 Å². The summed E-state index contributed by atoms with van der Waals surface area (Å²) in [5, 5.41) is 0.